The summed E-state index contributed by atoms with van der Waals surface area (Å²) in [5.74, 6) is 0.713. The molecule has 0 bridgehead atoms. The van der Waals surface area contributed by atoms with Crippen molar-refractivity contribution in [3.8, 4) is 17.0 Å². The Labute approximate surface area is 164 Å². The minimum absolute atomic E-state index is 0.0394. The van der Waals surface area contributed by atoms with E-state index in [2.05, 4.69) is 21.9 Å². The first-order chi connectivity index (χ1) is 13.6. The molecule has 0 radical (unpaired) electrons. The first kappa shape index (κ1) is 18.4. The Hall–Kier alpha value is -2.99. The van der Waals surface area contributed by atoms with E-state index in [0.29, 0.717) is 5.75 Å². The van der Waals surface area contributed by atoms with Gasteiger partial charge in [-0.25, -0.2) is 4.98 Å². The second-order valence-electron chi connectivity index (χ2n) is 7.16. The van der Waals surface area contributed by atoms with Gasteiger partial charge in [0.25, 0.3) is 5.91 Å². The average Bonchev–Trinajstić information content (AvgIpc) is 2.74. The third-order valence-electron chi connectivity index (χ3n) is 5.07. The fraction of sp³-hybridized carbons (Fsp3) is 0.318. The van der Waals surface area contributed by atoms with Crippen LogP contribution in [-0.2, 0) is 4.79 Å². The van der Waals surface area contributed by atoms with Crippen LogP contribution in [0.25, 0.3) is 22.3 Å². The molecule has 2 heterocycles. The molecule has 1 aliphatic rings. The fourth-order valence-electron chi connectivity index (χ4n) is 3.34. The van der Waals surface area contributed by atoms with E-state index in [-0.39, 0.29) is 5.91 Å². The predicted molar refractivity (Wildman–Crippen MR) is 109 cm³/mol. The quantitative estimate of drug-likeness (QED) is 0.701. The number of piperazine rings is 1. The number of aromatic nitrogens is 2. The molecule has 0 aliphatic carbocycles. The number of rotatable bonds is 4. The number of hydrogen-bond acceptors (Lipinski definition) is 5. The number of fused-ring (bicyclic) bond motifs is 1. The van der Waals surface area contributed by atoms with Crippen molar-refractivity contribution >= 4 is 16.9 Å². The lowest BCUT2D eigenvalue weighted by Crippen LogP contribution is -2.50. The molecule has 144 valence electrons. The molecule has 0 saturated carbocycles. The number of carbonyl (C=O) groups is 1. The van der Waals surface area contributed by atoms with Crippen molar-refractivity contribution < 1.29 is 9.53 Å². The van der Waals surface area contributed by atoms with Crippen LogP contribution in [-0.4, -0.2) is 65.0 Å². The Morgan fingerprint density at radius 3 is 2.39 bits per heavy atom. The van der Waals surface area contributed by atoms with Crippen molar-refractivity contribution in [3.05, 3.63) is 54.7 Å². The number of nitrogens with zero attached hydrogens (tertiary/aromatic N) is 4. The highest BCUT2D eigenvalue weighted by atomic mass is 16.5. The molecule has 1 amide bonds. The molecule has 4 rings (SSSR count). The summed E-state index contributed by atoms with van der Waals surface area (Å²) in [4.78, 5) is 25.8. The van der Waals surface area contributed by atoms with E-state index >= 15 is 0 Å². The van der Waals surface area contributed by atoms with Crippen LogP contribution in [0.3, 0.4) is 0 Å². The van der Waals surface area contributed by atoms with Crippen LogP contribution in [0.5, 0.6) is 5.75 Å². The van der Waals surface area contributed by atoms with Gasteiger partial charge in [-0.05, 0) is 50.4 Å². The van der Waals surface area contributed by atoms with Gasteiger partial charge in [0.2, 0.25) is 0 Å². The molecular weight excluding hydrogens is 352 g/mol. The Morgan fingerprint density at radius 1 is 1.00 bits per heavy atom. The van der Waals surface area contributed by atoms with Gasteiger partial charge < -0.3 is 14.5 Å². The third-order valence-corrected chi connectivity index (χ3v) is 5.07. The zero-order valence-corrected chi connectivity index (χ0v) is 16.2. The maximum Gasteiger partial charge on any atom is 0.263 e. The molecule has 2 aromatic carbocycles. The number of para-hydroxylation sites is 2. The molecule has 0 spiro atoms. The first-order valence-corrected chi connectivity index (χ1v) is 9.56. The Bertz CT molecular complexity index is 966. The summed E-state index contributed by atoms with van der Waals surface area (Å²) in [7, 11) is 2.07. The highest BCUT2D eigenvalue weighted by Gasteiger charge is 2.24. The summed E-state index contributed by atoms with van der Waals surface area (Å²) in [6.07, 6.45) is 1.27. The first-order valence-electron chi connectivity index (χ1n) is 9.56. The van der Waals surface area contributed by atoms with Crippen LogP contribution in [0.4, 0.5) is 0 Å². The van der Waals surface area contributed by atoms with Gasteiger partial charge in [-0.15, -0.1) is 0 Å². The second-order valence-corrected chi connectivity index (χ2v) is 7.16. The van der Waals surface area contributed by atoms with E-state index in [0.717, 1.165) is 48.5 Å². The summed E-state index contributed by atoms with van der Waals surface area (Å²) in [6, 6.07) is 15.4. The van der Waals surface area contributed by atoms with E-state index in [9.17, 15) is 4.79 Å². The lowest BCUT2D eigenvalue weighted by molar-refractivity contribution is -0.139. The standard InChI is InChI=1S/C22H24N4O2/c1-16(22(27)26-13-11-25(2)12-14-26)28-18-9-7-17(8-10-18)21-15-23-19-5-3-4-6-20(19)24-21/h3-10,15-16H,11-14H2,1-2H3/t16-/m0/s1. The molecular formula is C22H24N4O2. The highest BCUT2D eigenvalue weighted by Crippen LogP contribution is 2.23. The SMILES string of the molecule is C[C@H](Oc1ccc(-c2cnc3ccccc3n2)cc1)C(=O)N1CCN(C)CC1. The number of carbonyl (C=O) groups excluding carboxylic acids is 1. The second kappa shape index (κ2) is 7.94. The molecule has 3 aromatic rings. The molecule has 1 atom stereocenters. The van der Waals surface area contributed by atoms with Crippen molar-refractivity contribution in [1.82, 2.24) is 19.8 Å². The van der Waals surface area contributed by atoms with Crippen molar-refractivity contribution in [2.24, 2.45) is 0 Å². The normalized spacial score (nSPS) is 16.1. The zero-order valence-electron chi connectivity index (χ0n) is 16.2. The molecule has 0 unspecified atom stereocenters. The minimum Gasteiger partial charge on any atom is -0.481 e. The summed E-state index contributed by atoms with van der Waals surface area (Å²) in [5, 5.41) is 0. The average molecular weight is 376 g/mol. The van der Waals surface area contributed by atoms with Crippen molar-refractivity contribution in [3.63, 3.8) is 0 Å². The van der Waals surface area contributed by atoms with Gasteiger partial charge in [-0.2, -0.15) is 0 Å². The zero-order chi connectivity index (χ0) is 19.5. The van der Waals surface area contributed by atoms with E-state index in [4.69, 9.17) is 4.74 Å². The summed E-state index contributed by atoms with van der Waals surface area (Å²) in [6.45, 7) is 5.12. The van der Waals surface area contributed by atoms with Gasteiger partial charge >= 0.3 is 0 Å². The number of amides is 1. The Kier molecular flexibility index (Phi) is 5.21. The number of hydrogen-bond donors (Lipinski definition) is 0. The fourth-order valence-corrected chi connectivity index (χ4v) is 3.34. The number of benzene rings is 2. The number of ether oxygens (including phenoxy) is 1. The molecule has 28 heavy (non-hydrogen) atoms. The predicted octanol–water partition coefficient (Wildman–Crippen LogP) is 2.84. The lowest BCUT2D eigenvalue weighted by Gasteiger charge is -2.33. The monoisotopic (exact) mass is 376 g/mol. The van der Waals surface area contributed by atoms with Crippen molar-refractivity contribution in [2.75, 3.05) is 33.2 Å². The molecule has 6 nitrogen and oxygen atoms in total. The van der Waals surface area contributed by atoms with Crippen LogP contribution < -0.4 is 4.74 Å². The van der Waals surface area contributed by atoms with Gasteiger partial charge in [0.05, 0.1) is 22.9 Å². The minimum atomic E-state index is -0.505. The molecule has 6 heteroatoms. The van der Waals surface area contributed by atoms with E-state index in [1.54, 1.807) is 6.20 Å². The van der Waals surface area contributed by atoms with E-state index in [1.165, 1.54) is 0 Å². The maximum atomic E-state index is 12.6. The largest absolute Gasteiger partial charge is 0.481 e. The van der Waals surface area contributed by atoms with Crippen LogP contribution in [0.15, 0.2) is 54.7 Å². The van der Waals surface area contributed by atoms with Crippen molar-refractivity contribution in [2.45, 2.75) is 13.0 Å². The maximum absolute atomic E-state index is 12.6. The van der Waals surface area contributed by atoms with Crippen molar-refractivity contribution in [1.29, 1.82) is 0 Å². The molecule has 1 saturated heterocycles. The molecule has 1 fully saturated rings. The van der Waals surface area contributed by atoms with E-state index < -0.39 is 6.10 Å². The summed E-state index contributed by atoms with van der Waals surface area (Å²) >= 11 is 0. The third kappa shape index (κ3) is 3.97. The van der Waals surface area contributed by atoms with Gasteiger partial charge in [0.1, 0.15) is 5.75 Å². The smallest absolute Gasteiger partial charge is 0.263 e. The van der Waals surface area contributed by atoms with Crippen LogP contribution in [0.1, 0.15) is 6.92 Å². The van der Waals surface area contributed by atoms with Crippen LogP contribution in [0.2, 0.25) is 0 Å². The molecule has 1 aliphatic heterocycles. The van der Waals surface area contributed by atoms with Gasteiger partial charge in [-0.3, -0.25) is 9.78 Å². The Morgan fingerprint density at radius 2 is 1.68 bits per heavy atom. The summed E-state index contributed by atoms with van der Waals surface area (Å²) in [5.41, 5.74) is 3.52. The highest BCUT2D eigenvalue weighted by molar-refractivity contribution is 5.81. The number of likely N-dealkylation sites (N-methyl/N-ethyl adjacent to an activating group) is 1. The van der Waals surface area contributed by atoms with Crippen LogP contribution in [0, 0.1) is 0 Å². The lowest BCUT2D eigenvalue weighted by atomic mass is 10.1. The van der Waals surface area contributed by atoms with Gasteiger partial charge in [0.15, 0.2) is 6.10 Å². The van der Waals surface area contributed by atoms with Gasteiger partial charge in [0, 0.05) is 31.7 Å². The van der Waals surface area contributed by atoms with Crippen LogP contribution >= 0.6 is 0 Å². The van der Waals surface area contributed by atoms with E-state index in [1.807, 2.05) is 60.4 Å². The molecule has 0 N–H and O–H groups in total. The Balaban J connectivity index is 1.43. The van der Waals surface area contributed by atoms with Gasteiger partial charge in [-0.1, -0.05) is 12.1 Å². The molecule has 1 aromatic heterocycles. The summed E-state index contributed by atoms with van der Waals surface area (Å²) < 4.78 is 5.88. The topological polar surface area (TPSA) is 58.6 Å².